The van der Waals surface area contributed by atoms with Crippen molar-refractivity contribution in [2.45, 2.75) is 26.7 Å². The predicted octanol–water partition coefficient (Wildman–Crippen LogP) is 3.12. The molecule has 0 amide bonds. The Bertz CT molecular complexity index is 536. The maximum atomic E-state index is 11.9. The minimum Gasteiger partial charge on any atom is -0.294 e. The van der Waals surface area contributed by atoms with Gasteiger partial charge in [0, 0.05) is 30.6 Å². The Hall–Kier alpha value is -1.75. The Labute approximate surface area is 109 Å². The van der Waals surface area contributed by atoms with Crippen molar-refractivity contribution in [2.24, 2.45) is 0 Å². The molecule has 94 valence electrons. The average molecular weight is 262 g/mol. The van der Waals surface area contributed by atoms with Gasteiger partial charge in [0.25, 0.3) is 0 Å². The first kappa shape index (κ1) is 12.7. The number of carbonyl (C=O) groups excluding carboxylic acids is 2. The molecule has 2 heterocycles. The van der Waals surface area contributed by atoms with E-state index in [4.69, 9.17) is 0 Å². The monoisotopic (exact) mass is 262 g/mol. The lowest BCUT2D eigenvalue weighted by atomic mass is 10.1. The van der Waals surface area contributed by atoms with Crippen LogP contribution in [-0.4, -0.2) is 21.3 Å². The van der Waals surface area contributed by atoms with Gasteiger partial charge in [0.2, 0.25) is 0 Å². The predicted molar refractivity (Wildman–Crippen MR) is 70.7 cm³/mol. The molecule has 0 aromatic carbocycles. The van der Waals surface area contributed by atoms with E-state index in [-0.39, 0.29) is 11.6 Å². The largest absolute Gasteiger partial charge is 0.294 e. The fraction of sp³-hybridized carbons (Fsp3) is 0.308. The molecule has 2 aromatic rings. The first-order valence-corrected chi connectivity index (χ1v) is 6.74. The quantitative estimate of drug-likeness (QED) is 0.778. The second-order valence-electron chi connectivity index (χ2n) is 3.83. The highest BCUT2D eigenvalue weighted by Gasteiger charge is 2.21. The van der Waals surface area contributed by atoms with Crippen molar-refractivity contribution < 1.29 is 9.59 Å². The van der Waals surface area contributed by atoms with Crippen molar-refractivity contribution in [3.63, 3.8) is 0 Å². The van der Waals surface area contributed by atoms with Crippen LogP contribution < -0.4 is 0 Å². The van der Waals surface area contributed by atoms with Crippen LogP contribution in [0, 0.1) is 0 Å². The summed E-state index contributed by atoms with van der Waals surface area (Å²) in [4.78, 5) is 24.4. The first-order chi connectivity index (χ1) is 8.69. The Morgan fingerprint density at radius 1 is 1.28 bits per heavy atom. The summed E-state index contributed by atoms with van der Waals surface area (Å²) in [7, 11) is 0. The zero-order chi connectivity index (χ0) is 13.1. The van der Waals surface area contributed by atoms with Crippen molar-refractivity contribution >= 4 is 22.9 Å². The van der Waals surface area contributed by atoms with Crippen molar-refractivity contribution in [3.8, 4) is 5.69 Å². The third kappa shape index (κ3) is 2.13. The van der Waals surface area contributed by atoms with Crippen LogP contribution >= 0.6 is 11.3 Å². The second-order valence-corrected chi connectivity index (χ2v) is 4.71. The van der Waals surface area contributed by atoms with Crippen LogP contribution in [0.5, 0.6) is 0 Å². The number of rotatable bonds is 5. The van der Waals surface area contributed by atoms with Crippen molar-refractivity contribution in [1.29, 1.82) is 0 Å². The minimum absolute atomic E-state index is 0.0342. The van der Waals surface area contributed by atoms with Gasteiger partial charge in [-0.15, -0.1) is 11.3 Å². The van der Waals surface area contributed by atoms with Gasteiger partial charge in [-0.1, -0.05) is 13.8 Å². The summed E-state index contributed by atoms with van der Waals surface area (Å²) in [5.74, 6) is 0.0764. The summed E-state index contributed by atoms with van der Waals surface area (Å²) in [6.07, 6.45) is 4.23. The molecule has 0 fully saturated rings. The maximum absolute atomic E-state index is 11.9. The maximum Gasteiger partial charge on any atom is 0.174 e. The van der Waals surface area contributed by atoms with E-state index < -0.39 is 0 Å². The molecule has 2 aromatic heterocycles. The van der Waals surface area contributed by atoms with E-state index >= 15 is 0 Å². The molecular weight excluding hydrogens is 248 g/mol. The van der Waals surface area contributed by atoms with E-state index in [1.165, 1.54) is 11.3 Å². The van der Waals surface area contributed by atoms with Crippen LogP contribution in [0.3, 0.4) is 0 Å². The summed E-state index contributed by atoms with van der Waals surface area (Å²) < 4.78 is 1.60. The molecule has 0 atom stereocenters. The zero-order valence-electron chi connectivity index (χ0n) is 10.3. The van der Waals surface area contributed by atoms with Gasteiger partial charge < -0.3 is 0 Å². The van der Waals surface area contributed by atoms with Gasteiger partial charge in [0.1, 0.15) is 0 Å². The molecule has 18 heavy (non-hydrogen) atoms. The Balaban J connectivity index is 2.60. The number of thiophene rings is 1. The van der Waals surface area contributed by atoms with E-state index in [0.717, 1.165) is 0 Å². The molecule has 2 rings (SSSR count). The van der Waals surface area contributed by atoms with Gasteiger partial charge in [-0.05, 0) is 6.07 Å². The molecule has 0 unspecified atom stereocenters. The van der Waals surface area contributed by atoms with Crippen molar-refractivity contribution in [1.82, 2.24) is 9.78 Å². The number of nitrogens with zero attached hydrogens (tertiary/aromatic N) is 2. The lowest BCUT2D eigenvalue weighted by molar-refractivity contribution is 0.0987. The highest BCUT2D eigenvalue weighted by molar-refractivity contribution is 7.13. The van der Waals surface area contributed by atoms with Gasteiger partial charge in [0.05, 0.1) is 16.1 Å². The number of ketones is 2. The molecule has 0 aliphatic heterocycles. The van der Waals surface area contributed by atoms with Crippen LogP contribution in [0.25, 0.3) is 5.69 Å². The smallest absolute Gasteiger partial charge is 0.174 e. The van der Waals surface area contributed by atoms with Crippen LogP contribution in [0.2, 0.25) is 0 Å². The summed E-state index contributed by atoms with van der Waals surface area (Å²) in [5, 5.41) is 5.89. The van der Waals surface area contributed by atoms with Crippen LogP contribution in [0.1, 0.15) is 46.7 Å². The second kappa shape index (κ2) is 5.27. The van der Waals surface area contributed by atoms with Gasteiger partial charge in [-0.3, -0.25) is 9.59 Å². The molecule has 0 spiro atoms. The zero-order valence-corrected chi connectivity index (χ0v) is 11.2. The fourth-order valence-electron chi connectivity index (χ4n) is 1.73. The van der Waals surface area contributed by atoms with Gasteiger partial charge in [-0.25, -0.2) is 4.68 Å². The van der Waals surface area contributed by atoms with Crippen LogP contribution in [-0.2, 0) is 0 Å². The highest BCUT2D eigenvalue weighted by atomic mass is 32.1. The Morgan fingerprint density at radius 3 is 2.56 bits per heavy atom. The van der Waals surface area contributed by atoms with Gasteiger partial charge in [0.15, 0.2) is 11.6 Å². The minimum atomic E-state index is 0.0342. The third-order valence-corrected chi connectivity index (χ3v) is 3.70. The molecule has 4 nitrogen and oxygen atoms in total. The summed E-state index contributed by atoms with van der Waals surface area (Å²) in [6, 6.07) is 1.78. The normalized spacial score (nSPS) is 10.6. The SMILES string of the molecule is CCC(=O)c1csc(C(=O)CC)c1-n1cccn1. The van der Waals surface area contributed by atoms with E-state index in [9.17, 15) is 9.59 Å². The highest BCUT2D eigenvalue weighted by Crippen LogP contribution is 2.28. The first-order valence-electron chi connectivity index (χ1n) is 5.86. The van der Waals surface area contributed by atoms with Crippen molar-refractivity contribution in [2.75, 3.05) is 0 Å². The number of carbonyl (C=O) groups is 2. The third-order valence-electron chi connectivity index (χ3n) is 2.69. The Morgan fingerprint density at radius 2 is 2.00 bits per heavy atom. The molecule has 0 saturated carbocycles. The number of hydrogen-bond acceptors (Lipinski definition) is 4. The summed E-state index contributed by atoms with van der Waals surface area (Å²) in [6.45, 7) is 3.63. The van der Waals surface area contributed by atoms with Crippen LogP contribution in [0.4, 0.5) is 0 Å². The topological polar surface area (TPSA) is 52.0 Å². The molecule has 0 radical (unpaired) electrons. The molecule has 0 aliphatic carbocycles. The standard InChI is InChI=1S/C13H14N2O2S/c1-3-10(16)9-8-18-13(11(17)4-2)12(9)15-7-5-6-14-15/h5-8H,3-4H2,1-2H3. The Kier molecular flexibility index (Phi) is 3.72. The summed E-state index contributed by atoms with van der Waals surface area (Å²) >= 11 is 1.32. The van der Waals surface area contributed by atoms with E-state index in [1.54, 1.807) is 28.5 Å². The molecule has 0 bridgehead atoms. The average Bonchev–Trinajstić information content (AvgIpc) is 3.04. The van der Waals surface area contributed by atoms with E-state index in [2.05, 4.69) is 5.10 Å². The lowest BCUT2D eigenvalue weighted by Crippen LogP contribution is -2.07. The lowest BCUT2D eigenvalue weighted by Gasteiger charge is -2.05. The molecule has 5 heteroatoms. The van der Waals surface area contributed by atoms with Gasteiger partial charge in [-0.2, -0.15) is 5.10 Å². The van der Waals surface area contributed by atoms with E-state index in [0.29, 0.717) is 29.0 Å². The molecule has 0 saturated heterocycles. The molecule has 0 N–H and O–H groups in total. The van der Waals surface area contributed by atoms with Gasteiger partial charge >= 0.3 is 0 Å². The molecular formula is C13H14N2O2S. The molecule has 0 aliphatic rings. The number of hydrogen-bond donors (Lipinski definition) is 0. The van der Waals surface area contributed by atoms with Crippen LogP contribution in [0.15, 0.2) is 23.8 Å². The summed E-state index contributed by atoms with van der Waals surface area (Å²) in [5.41, 5.74) is 1.21. The van der Waals surface area contributed by atoms with E-state index in [1.807, 2.05) is 13.8 Å². The number of Topliss-reactive ketones (excluding diaryl/α,β-unsaturated/α-hetero) is 2. The van der Waals surface area contributed by atoms with Crippen molar-refractivity contribution in [3.05, 3.63) is 34.3 Å². The number of aromatic nitrogens is 2. The fourth-order valence-corrected chi connectivity index (χ4v) is 2.80.